The van der Waals surface area contributed by atoms with Crippen molar-refractivity contribution in [2.75, 3.05) is 39.5 Å². The van der Waals surface area contributed by atoms with Crippen LogP contribution in [-0.4, -0.2) is 58.2 Å². The monoisotopic (exact) mass is 453 g/mol. The number of aryl methyl sites for hydroxylation is 1. The maximum absolute atomic E-state index is 12.8. The Morgan fingerprint density at radius 3 is 2.63 bits per heavy atom. The molecule has 0 saturated carbocycles. The number of carbonyl (C=O) groups excluding carboxylic acids is 1. The third-order valence-electron chi connectivity index (χ3n) is 4.66. The van der Waals surface area contributed by atoms with Crippen LogP contribution in [0.15, 0.2) is 47.4 Å². The molecule has 0 spiro atoms. The number of hydrogen-bond donors (Lipinski definition) is 0. The van der Waals surface area contributed by atoms with Crippen LogP contribution in [0.5, 0.6) is 5.75 Å². The highest BCUT2D eigenvalue weighted by atomic mass is 35.5. The molecule has 1 aliphatic rings. The lowest BCUT2D eigenvalue weighted by Gasteiger charge is -2.26. The molecule has 0 radical (unpaired) electrons. The summed E-state index contributed by atoms with van der Waals surface area (Å²) in [7, 11) is -3.74. The molecule has 0 N–H and O–H groups in total. The van der Waals surface area contributed by atoms with Crippen molar-refractivity contribution in [3.8, 4) is 5.75 Å². The first-order valence-electron chi connectivity index (χ1n) is 9.68. The number of benzene rings is 2. The molecule has 7 nitrogen and oxygen atoms in total. The molecular weight excluding hydrogens is 430 g/mol. The first-order valence-corrected chi connectivity index (χ1v) is 11.5. The van der Waals surface area contributed by atoms with Crippen LogP contribution in [0.2, 0.25) is 5.02 Å². The Bertz CT molecular complexity index is 989. The molecule has 1 aliphatic heterocycles. The molecule has 0 bridgehead atoms. The van der Waals surface area contributed by atoms with Gasteiger partial charge in [-0.25, -0.2) is 13.2 Å². The molecule has 0 amide bonds. The Morgan fingerprint density at radius 1 is 1.13 bits per heavy atom. The summed E-state index contributed by atoms with van der Waals surface area (Å²) in [6, 6.07) is 11.7. The van der Waals surface area contributed by atoms with Gasteiger partial charge < -0.3 is 14.2 Å². The average Bonchev–Trinajstić information content (AvgIpc) is 2.77. The Kier molecular flexibility index (Phi) is 7.71. The first kappa shape index (κ1) is 22.6. The van der Waals surface area contributed by atoms with E-state index in [4.69, 9.17) is 25.8 Å². The van der Waals surface area contributed by atoms with Crippen molar-refractivity contribution >= 4 is 27.6 Å². The summed E-state index contributed by atoms with van der Waals surface area (Å²) in [5, 5.41) is 0.123. The van der Waals surface area contributed by atoms with Crippen LogP contribution in [0.25, 0.3) is 0 Å². The van der Waals surface area contributed by atoms with Gasteiger partial charge in [-0.05, 0) is 42.3 Å². The van der Waals surface area contributed by atoms with Crippen molar-refractivity contribution in [2.45, 2.75) is 18.2 Å². The van der Waals surface area contributed by atoms with E-state index in [0.717, 1.165) is 12.0 Å². The smallest absolute Gasteiger partial charge is 0.339 e. The number of ether oxygens (including phenoxy) is 3. The molecule has 2 aromatic carbocycles. The maximum Gasteiger partial charge on any atom is 0.339 e. The zero-order valence-corrected chi connectivity index (χ0v) is 18.2. The second kappa shape index (κ2) is 10.3. The van der Waals surface area contributed by atoms with E-state index in [1.54, 1.807) is 0 Å². The fraction of sp³-hybridized carbons (Fsp3) is 0.381. The largest absolute Gasteiger partial charge is 0.490 e. The predicted molar refractivity (Wildman–Crippen MR) is 113 cm³/mol. The van der Waals surface area contributed by atoms with Gasteiger partial charge in [0.25, 0.3) is 0 Å². The highest BCUT2D eigenvalue weighted by Crippen LogP contribution is 2.24. The summed E-state index contributed by atoms with van der Waals surface area (Å²) in [5.74, 6) is -0.00744. The van der Waals surface area contributed by atoms with E-state index in [1.165, 1.54) is 22.5 Å². The number of nitrogens with zero attached hydrogens (tertiary/aromatic N) is 1. The molecular formula is C21H24ClNO6S. The zero-order valence-electron chi connectivity index (χ0n) is 16.7. The number of sulfonamides is 1. The maximum atomic E-state index is 12.8. The Hall–Kier alpha value is -2.13. The number of carbonyl (C=O) groups is 1. The van der Waals surface area contributed by atoms with Crippen molar-refractivity contribution < 1.29 is 27.4 Å². The van der Waals surface area contributed by atoms with E-state index in [1.807, 2.05) is 24.3 Å². The van der Waals surface area contributed by atoms with Crippen molar-refractivity contribution in [2.24, 2.45) is 0 Å². The molecule has 1 saturated heterocycles. The first-order chi connectivity index (χ1) is 14.4. The van der Waals surface area contributed by atoms with Crippen LogP contribution in [0.3, 0.4) is 0 Å². The van der Waals surface area contributed by atoms with E-state index in [0.29, 0.717) is 19.0 Å². The van der Waals surface area contributed by atoms with E-state index in [2.05, 4.69) is 6.92 Å². The van der Waals surface area contributed by atoms with Gasteiger partial charge >= 0.3 is 5.97 Å². The van der Waals surface area contributed by atoms with E-state index >= 15 is 0 Å². The van der Waals surface area contributed by atoms with Crippen LogP contribution in [0, 0.1) is 0 Å². The van der Waals surface area contributed by atoms with Crippen molar-refractivity contribution in [1.29, 1.82) is 0 Å². The highest BCUT2D eigenvalue weighted by molar-refractivity contribution is 7.89. The van der Waals surface area contributed by atoms with Crippen LogP contribution >= 0.6 is 11.6 Å². The third-order valence-corrected chi connectivity index (χ3v) is 6.88. The minimum absolute atomic E-state index is 0.000943. The highest BCUT2D eigenvalue weighted by Gasteiger charge is 2.27. The molecule has 0 unspecified atom stereocenters. The quantitative estimate of drug-likeness (QED) is 0.451. The lowest BCUT2D eigenvalue weighted by molar-refractivity contribution is 0.0450. The number of hydrogen-bond acceptors (Lipinski definition) is 6. The van der Waals surface area contributed by atoms with Gasteiger partial charge in [0.2, 0.25) is 10.0 Å². The Morgan fingerprint density at radius 2 is 1.90 bits per heavy atom. The fourth-order valence-corrected chi connectivity index (χ4v) is 4.61. The molecule has 1 heterocycles. The average molecular weight is 454 g/mol. The number of morpholine rings is 1. The van der Waals surface area contributed by atoms with Crippen LogP contribution in [0.1, 0.15) is 22.8 Å². The second-order valence-electron chi connectivity index (χ2n) is 6.64. The molecule has 3 rings (SSSR count). The molecule has 162 valence electrons. The normalized spacial score (nSPS) is 15.0. The number of esters is 1. The Balaban J connectivity index is 1.62. The van der Waals surface area contributed by atoms with E-state index in [-0.39, 0.29) is 41.8 Å². The van der Waals surface area contributed by atoms with Gasteiger partial charge in [-0.1, -0.05) is 30.7 Å². The van der Waals surface area contributed by atoms with Crippen LogP contribution in [0.4, 0.5) is 0 Å². The molecule has 0 aromatic heterocycles. The van der Waals surface area contributed by atoms with Gasteiger partial charge in [0.05, 0.1) is 28.7 Å². The summed E-state index contributed by atoms with van der Waals surface area (Å²) in [6.07, 6.45) is 0.897. The predicted octanol–water partition coefficient (Wildman–Crippen LogP) is 3.16. The third kappa shape index (κ3) is 5.51. The summed E-state index contributed by atoms with van der Waals surface area (Å²) < 4.78 is 42.9. The van der Waals surface area contributed by atoms with Gasteiger partial charge in [-0.3, -0.25) is 0 Å². The Labute approximate surface area is 181 Å². The van der Waals surface area contributed by atoms with Gasteiger partial charge in [-0.2, -0.15) is 4.31 Å². The summed E-state index contributed by atoms with van der Waals surface area (Å²) >= 11 is 6.11. The van der Waals surface area contributed by atoms with Gasteiger partial charge in [0.15, 0.2) is 0 Å². The summed E-state index contributed by atoms with van der Waals surface area (Å²) in [4.78, 5) is 12.4. The summed E-state index contributed by atoms with van der Waals surface area (Å²) in [5.41, 5.74) is 1.15. The lowest BCUT2D eigenvalue weighted by atomic mass is 10.2. The van der Waals surface area contributed by atoms with E-state index < -0.39 is 16.0 Å². The molecule has 30 heavy (non-hydrogen) atoms. The van der Waals surface area contributed by atoms with Gasteiger partial charge in [0.1, 0.15) is 19.0 Å². The number of rotatable bonds is 8. The zero-order chi connectivity index (χ0) is 21.6. The van der Waals surface area contributed by atoms with Gasteiger partial charge in [0, 0.05) is 13.1 Å². The minimum atomic E-state index is -3.74. The summed E-state index contributed by atoms with van der Waals surface area (Å²) in [6.45, 7) is 3.43. The molecule has 9 heteroatoms. The van der Waals surface area contributed by atoms with Crippen molar-refractivity contribution in [1.82, 2.24) is 4.31 Å². The fourth-order valence-electron chi connectivity index (χ4n) is 2.98. The van der Waals surface area contributed by atoms with Crippen LogP contribution in [-0.2, 0) is 25.9 Å². The molecule has 0 aliphatic carbocycles. The molecule has 1 fully saturated rings. The van der Waals surface area contributed by atoms with Crippen molar-refractivity contribution in [3.05, 3.63) is 58.6 Å². The van der Waals surface area contributed by atoms with Gasteiger partial charge in [-0.15, -0.1) is 0 Å². The van der Waals surface area contributed by atoms with Crippen LogP contribution < -0.4 is 4.74 Å². The van der Waals surface area contributed by atoms with Crippen molar-refractivity contribution in [3.63, 3.8) is 0 Å². The lowest BCUT2D eigenvalue weighted by Crippen LogP contribution is -2.40. The molecule has 0 atom stereocenters. The minimum Gasteiger partial charge on any atom is -0.490 e. The molecule has 2 aromatic rings. The number of halogens is 1. The standard InChI is InChI=1S/C21H24ClNO6S/c1-2-16-4-3-5-17(14-16)28-12-13-29-21(24)19-15-18(6-7-20(19)22)30(25,26)23-8-10-27-11-9-23/h3-7,14-15H,2,8-13H2,1H3. The topological polar surface area (TPSA) is 82.1 Å². The second-order valence-corrected chi connectivity index (χ2v) is 8.99. The SMILES string of the molecule is CCc1cccc(OCCOC(=O)c2cc(S(=O)(=O)N3CCOCC3)ccc2Cl)c1. The van der Waals surface area contributed by atoms with E-state index in [9.17, 15) is 13.2 Å².